The summed E-state index contributed by atoms with van der Waals surface area (Å²) in [6, 6.07) is 2.86. The molecule has 1 fully saturated rings. The van der Waals surface area contributed by atoms with Gasteiger partial charge in [0, 0.05) is 48.9 Å². The Kier molecular flexibility index (Phi) is 9.70. The fourth-order valence-electron chi connectivity index (χ4n) is 6.17. The molecule has 9 nitrogen and oxygen atoms in total. The van der Waals surface area contributed by atoms with Gasteiger partial charge in [0.1, 0.15) is 28.1 Å². The number of nitriles is 1. The molecular formula is C32H29Cl5N6O3. The van der Waals surface area contributed by atoms with Gasteiger partial charge in [0.2, 0.25) is 5.91 Å². The van der Waals surface area contributed by atoms with Crippen LogP contribution in [0.2, 0.25) is 25.1 Å². The Morgan fingerprint density at radius 2 is 1.80 bits per heavy atom. The first kappa shape index (κ1) is 34.1. The van der Waals surface area contributed by atoms with Gasteiger partial charge in [0.15, 0.2) is 0 Å². The summed E-state index contributed by atoms with van der Waals surface area (Å²) in [5.41, 5.74) is 0.478. The second-order valence-corrected chi connectivity index (χ2v) is 13.5. The molecule has 1 amide bonds. The summed E-state index contributed by atoms with van der Waals surface area (Å²) in [5.74, 6) is -0.967. The van der Waals surface area contributed by atoms with Crippen LogP contribution in [0, 0.1) is 23.2 Å². The van der Waals surface area contributed by atoms with E-state index in [1.54, 1.807) is 17.2 Å². The Bertz CT molecular complexity index is 1940. The number of carbonyl (C=O) groups excluding carboxylic acids is 1. The Morgan fingerprint density at radius 3 is 2.41 bits per heavy atom. The third-order valence-electron chi connectivity index (χ3n) is 8.39. The lowest BCUT2D eigenvalue weighted by molar-refractivity contribution is -0.128. The minimum Gasteiger partial charge on any atom is -0.506 e. The van der Waals surface area contributed by atoms with E-state index in [9.17, 15) is 20.0 Å². The monoisotopic (exact) mass is 720 g/mol. The topological polar surface area (TPSA) is 115 Å². The zero-order valence-corrected chi connectivity index (χ0v) is 29.1. The molecule has 4 heterocycles. The minimum atomic E-state index is -0.606. The van der Waals surface area contributed by atoms with Gasteiger partial charge in [-0.25, -0.2) is 4.98 Å². The van der Waals surface area contributed by atoms with E-state index in [1.807, 2.05) is 38.7 Å². The predicted molar refractivity (Wildman–Crippen MR) is 186 cm³/mol. The molecule has 14 heteroatoms. The van der Waals surface area contributed by atoms with Crippen LogP contribution in [0.1, 0.15) is 39.3 Å². The molecule has 0 radical (unpaired) electrons. The molecule has 0 spiro atoms. The standard InChI is InChI=1S/C32H29Cl5N6O3/c1-6-20(44)42-10-9-41(13-16(42)5)29-17-11-19(33)27(21-22(34)23(35)24(36)25(37)30(21)45)40-31(17)43(32(46)18(29)12-38)28-15(4)7-8-39-26(28)14(2)3/h6-8,11,14-16,28,45H,1,9-10,13H2,2-5H3/t15?,16-,28?/m1/s1. The predicted octanol–water partition coefficient (Wildman–Crippen LogP) is 7.93. The Balaban J connectivity index is 1.89. The summed E-state index contributed by atoms with van der Waals surface area (Å²) in [5, 5.41) is 21.4. The van der Waals surface area contributed by atoms with Crippen molar-refractivity contribution in [1.82, 2.24) is 14.5 Å². The number of fused-ring (bicyclic) bond motifs is 1. The van der Waals surface area contributed by atoms with E-state index < -0.39 is 17.4 Å². The van der Waals surface area contributed by atoms with E-state index in [-0.39, 0.29) is 71.4 Å². The highest BCUT2D eigenvalue weighted by atomic mass is 35.5. The lowest BCUT2D eigenvalue weighted by Gasteiger charge is -2.41. The molecule has 2 aliphatic heterocycles. The van der Waals surface area contributed by atoms with Crippen molar-refractivity contribution >= 4 is 86.3 Å². The maximum atomic E-state index is 14.6. The van der Waals surface area contributed by atoms with Crippen molar-refractivity contribution in [2.75, 3.05) is 24.5 Å². The molecule has 2 aromatic heterocycles. The molecule has 0 saturated carbocycles. The summed E-state index contributed by atoms with van der Waals surface area (Å²) < 4.78 is 1.47. The Labute approximate surface area is 290 Å². The zero-order chi connectivity index (χ0) is 33.8. The minimum absolute atomic E-state index is 0.00208. The SMILES string of the molecule is C=CC(=O)N1CCN(c2c(C#N)c(=O)n(C3C(C(C)C)=NC=CC3C)c3nc(-c4c(O)c(Cl)c(Cl)c(Cl)c4Cl)c(Cl)cc23)C[C@H]1C. The average Bonchev–Trinajstić information content (AvgIpc) is 3.02. The summed E-state index contributed by atoms with van der Waals surface area (Å²) in [4.78, 5) is 40.1. The first-order valence-electron chi connectivity index (χ1n) is 14.4. The van der Waals surface area contributed by atoms with Gasteiger partial charge < -0.3 is 14.9 Å². The van der Waals surface area contributed by atoms with Crippen molar-refractivity contribution in [3.05, 3.63) is 72.0 Å². The number of allylic oxidation sites excluding steroid dienone is 1. The van der Waals surface area contributed by atoms with Crippen LogP contribution in [0.4, 0.5) is 5.69 Å². The van der Waals surface area contributed by atoms with Crippen LogP contribution < -0.4 is 10.5 Å². The van der Waals surface area contributed by atoms with E-state index in [2.05, 4.69) is 17.6 Å². The number of amides is 1. The van der Waals surface area contributed by atoms with Crippen LogP contribution in [0.5, 0.6) is 5.75 Å². The number of aliphatic imine (C=N–C) groups is 1. The first-order chi connectivity index (χ1) is 21.7. The van der Waals surface area contributed by atoms with Gasteiger partial charge in [-0.05, 0) is 25.0 Å². The second-order valence-electron chi connectivity index (χ2n) is 11.6. The first-order valence-corrected chi connectivity index (χ1v) is 16.3. The molecule has 1 N–H and O–H groups in total. The van der Waals surface area contributed by atoms with Gasteiger partial charge in [-0.3, -0.25) is 19.1 Å². The molecule has 240 valence electrons. The molecule has 2 unspecified atom stereocenters. The summed E-state index contributed by atoms with van der Waals surface area (Å²) in [7, 11) is 0. The van der Waals surface area contributed by atoms with Crippen LogP contribution in [0.15, 0.2) is 40.8 Å². The number of benzene rings is 1. The number of phenols is 1. The number of aromatic hydroxyl groups is 1. The maximum Gasteiger partial charge on any atom is 0.272 e. The maximum absolute atomic E-state index is 14.6. The number of pyridine rings is 2. The molecule has 0 aliphatic carbocycles. The second kappa shape index (κ2) is 13.1. The molecule has 1 aromatic carbocycles. The van der Waals surface area contributed by atoms with Gasteiger partial charge in [-0.15, -0.1) is 0 Å². The van der Waals surface area contributed by atoms with Gasteiger partial charge in [0.25, 0.3) is 5.56 Å². The smallest absolute Gasteiger partial charge is 0.272 e. The fraction of sp³-hybridized carbons (Fsp3) is 0.344. The molecule has 0 bridgehead atoms. The normalized spacial score (nSPS) is 19.8. The van der Waals surface area contributed by atoms with Crippen molar-refractivity contribution in [2.45, 2.75) is 39.8 Å². The zero-order valence-electron chi connectivity index (χ0n) is 25.3. The van der Waals surface area contributed by atoms with E-state index in [0.717, 1.165) is 5.71 Å². The lowest BCUT2D eigenvalue weighted by Crippen LogP contribution is -2.54. The number of piperazine rings is 1. The largest absolute Gasteiger partial charge is 0.506 e. The van der Waals surface area contributed by atoms with Crippen molar-refractivity contribution in [3.63, 3.8) is 0 Å². The van der Waals surface area contributed by atoms with E-state index in [4.69, 9.17) is 63.0 Å². The number of phenolic OH excluding ortho intramolecular Hbond substituents is 1. The Morgan fingerprint density at radius 1 is 1.13 bits per heavy atom. The number of hydrogen-bond acceptors (Lipinski definition) is 7. The average molecular weight is 723 g/mol. The summed E-state index contributed by atoms with van der Waals surface area (Å²) >= 11 is 32.3. The van der Waals surface area contributed by atoms with Crippen LogP contribution in [0.3, 0.4) is 0 Å². The van der Waals surface area contributed by atoms with Crippen LogP contribution in [-0.4, -0.2) is 56.9 Å². The van der Waals surface area contributed by atoms with E-state index in [0.29, 0.717) is 30.7 Å². The molecular weight excluding hydrogens is 694 g/mol. The van der Waals surface area contributed by atoms with Gasteiger partial charge >= 0.3 is 0 Å². The van der Waals surface area contributed by atoms with Gasteiger partial charge in [-0.1, -0.05) is 91.4 Å². The van der Waals surface area contributed by atoms with Crippen molar-refractivity contribution in [2.24, 2.45) is 16.8 Å². The highest BCUT2D eigenvalue weighted by Gasteiger charge is 2.36. The number of carbonyl (C=O) groups is 1. The van der Waals surface area contributed by atoms with E-state index >= 15 is 0 Å². The van der Waals surface area contributed by atoms with Crippen molar-refractivity contribution < 1.29 is 9.90 Å². The molecule has 3 aromatic rings. The van der Waals surface area contributed by atoms with Crippen LogP contribution >= 0.6 is 58.0 Å². The molecule has 5 rings (SSSR count). The van der Waals surface area contributed by atoms with Crippen molar-refractivity contribution in [3.8, 4) is 23.1 Å². The number of hydrogen-bond donors (Lipinski definition) is 1. The highest BCUT2D eigenvalue weighted by molar-refractivity contribution is 6.53. The van der Waals surface area contributed by atoms with Crippen LogP contribution in [0.25, 0.3) is 22.3 Å². The molecule has 2 aliphatic rings. The number of anilines is 1. The fourth-order valence-corrected chi connectivity index (χ4v) is 7.35. The number of halogens is 5. The third-order valence-corrected chi connectivity index (χ3v) is 10.5. The third kappa shape index (κ3) is 5.54. The van der Waals surface area contributed by atoms with Gasteiger partial charge in [0.05, 0.1) is 43.1 Å². The van der Waals surface area contributed by atoms with E-state index in [1.165, 1.54) is 10.6 Å². The van der Waals surface area contributed by atoms with Gasteiger partial charge in [-0.2, -0.15) is 5.26 Å². The molecule has 1 saturated heterocycles. The number of aromatic nitrogens is 2. The lowest BCUT2D eigenvalue weighted by atomic mass is 9.88. The number of rotatable bonds is 5. The summed E-state index contributed by atoms with van der Waals surface area (Å²) in [6.45, 7) is 12.4. The Hall–Kier alpha value is -3.26. The molecule has 46 heavy (non-hydrogen) atoms. The molecule has 3 atom stereocenters. The van der Waals surface area contributed by atoms with Crippen molar-refractivity contribution in [1.29, 1.82) is 5.26 Å². The van der Waals surface area contributed by atoms with Crippen LogP contribution in [-0.2, 0) is 4.79 Å². The number of nitrogens with zero attached hydrogens (tertiary/aromatic N) is 6. The summed E-state index contributed by atoms with van der Waals surface area (Å²) in [6.07, 6.45) is 4.85. The quantitative estimate of drug-likeness (QED) is 0.163. The highest BCUT2D eigenvalue weighted by Crippen LogP contribution is 2.51.